The lowest BCUT2D eigenvalue weighted by Crippen LogP contribution is -2.40. The Morgan fingerprint density at radius 2 is 1.84 bits per heavy atom. The number of hydrogen-bond acceptors (Lipinski definition) is 5. The number of nitrogens with zero attached hydrogens (tertiary/aromatic N) is 3. The van der Waals surface area contributed by atoms with Gasteiger partial charge in [-0.05, 0) is 56.8 Å². The summed E-state index contributed by atoms with van der Waals surface area (Å²) >= 11 is 1.52. The molecule has 0 radical (unpaired) electrons. The van der Waals surface area contributed by atoms with Crippen molar-refractivity contribution in [2.75, 3.05) is 19.3 Å². The van der Waals surface area contributed by atoms with E-state index in [0.29, 0.717) is 25.9 Å². The number of carbonyl (C=O) groups is 2. The molecule has 1 unspecified atom stereocenters. The number of rotatable bonds is 5. The van der Waals surface area contributed by atoms with Gasteiger partial charge >= 0.3 is 5.97 Å². The van der Waals surface area contributed by atoms with Crippen molar-refractivity contribution in [2.24, 2.45) is 11.3 Å². The van der Waals surface area contributed by atoms with Gasteiger partial charge in [-0.25, -0.2) is 9.97 Å². The molecule has 1 saturated carbocycles. The number of thioether (sulfide) groups is 1. The third kappa shape index (κ3) is 3.66. The van der Waals surface area contributed by atoms with Gasteiger partial charge in [0.1, 0.15) is 0 Å². The second-order valence-corrected chi connectivity index (χ2v) is 7.97. The predicted molar refractivity (Wildman–Crippen MR) is 95.6 cm³/mol. The number of aryl methyl sites for hydroxylation is 2. The first kappa shape index (κ1) is 18.2. The van der Waals surface area contributed by atoms with Crippen molar-refractivity contribution in [3.8, 4) is 0 Å². The van der Waals surface area contributed by atoms with Crippen LogP contribution in [0, 0.1) is 25.2 Å². The van der Waals surface area contributed by atoms with E-state index in [1.165, 1.54) is 11.8 Å². The number of carbonyl (C=O) groups excluding carboxylic acids is 1. The quantitative estimate of drug-likeness (QED) is 0.639. The van der Waals surface area contributed by atoms with Crippen LogP contribution in [0.5, 0.6) is 0 Å². The summed E-state index contributed by atoms with van der Waals surface area (Å²) in [7, 11) is 0. The van der Waals surface area contributed by atoms with Crippen LogP contribution in [0.3, 0.4) is 0 Å². The Hall–Kier alpha value is -1.63. The van der Waals surface area contributed by atoms with Crippen LogP contribution in [-0.2, 0) is 16.0 Å². The lowest BCUT2D eigenvalue weighted by Gasteiger charge is -2.32. The van der Waals surface area contributed by atoms with Crippen LogP contribution in [0.1, 0.15) is 42.6 Å². The van der Waals surface area contributed by atoms with Crippen molar-refractivity contribution in [2.45, 2.75) is 51.1 Å². The molecular weight excluding hydrogens is 338 g/mol. The van der Waals surface area contributed by atoms with E-state index in [1.807, 2.05) is 25.0 Å². The minimum atomic E-state index is -0.681. The fourth-order valence-electron chi connectivity index (χ4n) is 4.00. The number of aliphatic carboxylic acids is 1. The van der Waals surface area contributed by atoms with Gasteiger partial charge in [-0.1, -0.05) is 11.8 Å². The second-order valence-electron chi connectivity index (χ2n) is 7.20. The maximum absolute atomic E-state index is 12.5. The Bertz CT molecular complexity index is 676. The molecule has 1 spiro atoms. The van der Waals surface area contributed by atoms with Crippen LogP contribution in [0.25, 0.3) is 0 Å². The highest BCUT2D eigenvalue weighted by atomic mass is 32.2. The van der Waals surface area contributed by atoms with Gasteiger partial charge in [-0.3, -0.25) is 9.59 Å². The first-order chi connectivity index (χ1) is 11.9. The van der Waals surface area contributed by atoms with Crippen LogP contribution < -0.4 is 0 Å². The molecule has 136 valence electrons. The Labute approximate surface area is 152 Å². The summed E-state index contributed by atoms with van der Waals surface area (Å²) in [5, 5.41) is 9.92. The number of carboxylic acids is 1. The van der Waals surface area contributed by atoms with Gasteiger partial charge < -0.3 is 10.0 Å². The highest BCUT2D eigenvalue weighted by molar-refractivity contribution is 7.98. The summed E-state index contributed by atoms with van der Waals surface area (Å²) in [5.74, 6) is -0.725. The zero-order valence-electron chi connectivity index (χ0n) is 15.0. The van der Waals surface area contributed by atoms with Crippen LogP contribution in [0.4, 0.5) is 0 Å². The first-order valence-electron chi connectivity index (χ1n) is 8.75. The number of hydrogen-bond donors (Lipinski definition) is 1. The molecule has 3 rings (SSSR count). The number of amides is 1. The van der Waals surface area contributed by atoms with Crippen molar-refractivity contribution in [1.82, 2.24) is 14.9 Å². The SMILES string of the molecule is CSc1nc(C)c(CCC(=O)N2CCC3(CC2)CC3C(=O)O)c(C)n1. The third-order valence-electron chi connectivity index (χ3n) is 5.77. The number of likely N-dealkylation sites (tertiary alicyclic amines) is 1. The van der Waals surface area contributed by atoms with Gasteiger partial charge in [0.2, 0.25) is 5.91 Å². The Balaban J connectivity index is 1.54. The van der Waals surface area contributed by atoms with E-state index < -0.39 is 5.97 Å². The fourth-order valence-corrected chi connectivity index (χ4v) is 4.46. The van der Waals surface area contributed by atoms with E-state index >= 15 is 0 Å². The van der Waals surface area contributed by atoms with E-state index in [1.54, 1.807) is 0 Å². The third-order valence-corrected chi connectivity index (χ3v) is 6.32. The molecule has 0 bridgehead atoms. The van der Waals surface area contributed by atoms with Gasteiger partial charge in [0.15, 0.2) is 5.16 Å². The standard InChI is InChI=1S/C18H25N3O3S/c1-11-13(12(2)20-17(19-11)25-3)4-5-15(22)21-8-6-18(7-9-21)10-14(18)16(23)24/h14H,4-10H2,1-3H3,(H,23,24). The van der Waals surface area contributed by atoms with Crippen molar-refractivity contribution >= 4 is 23.6 Å². The zero-order chi connectivity index (χ0) is 18.2. The number of piperidine rings is 1. The summed E-state index contributed by atoms with van der Waals surface area (Å²) in [4.78, 5) is 34.5. The van der Waals surface area contributed by atoms with E-state index in [2.05, 4.69) is 9.97 Å². The van der Waals surface area contributed by atoms with Crippen LogP contribution in [0.15, 0.2) is 5.16 Å². The molecule has 1 saturated heterocycles. The van der Waals surface area contributed by atoms with Crippen LogP contribution in [0.2, 0.25) is 0 Å². The number of carboxylic acid groups (broad SMARTS) is 1. The van der Waals surface area contributed by atoms with Gasteiger partial charge in [0, 0.05) is 30.9 Å². The van der Waals surface area contributed by atoms with Gasteiger partial charge in [-0.15, -0.1) is 0 Å². The normalized spacial score (nSPS) is 21.4. The first-order valence-corrected chi connectivity index (χ1v) is 9.97. The van der Waals surface area contributed by atoms with Crippen molar-refractivity contribution in [1.29, 1.82) is 0 Å². The summed E-state index contributed by atoms with van der Waals surface area (Å²) < 4.78 is 0. The maximum atomic E-state index is 12.5. The molecule has 2 heterocycles. The monoisotopic (exact) mass is 363 g/mol. The minimum Gasteiger partial charge on any atom is -0.481 e. The average Bonchev–Trinajstić information content (AvgIpc) is 3.28. The molecule has 0 aromatic carbocycles. The summed E-state index contributed by atoms with van der Waals surface area (Å²) in [6.45, 7) is 5.31. The molecule has 7 heteroatoms. The highest BCUT2D eigenvalue weighted by Gasteiger charge is 2.59. The van der Waals surface area contributed by atoms with Gasteiger partial charge in [0.05, 0.1) is 5.92 Å². The van der Waals surface area contributed by atoms with Crippen molar-refractivity contribution in [3.63, 3.8) is 0 Å². The van der Waals surface area contributed by atoms with Crippen molar-refractivity contribution < 1.29 is 14.7 Å². The molecule has 2 fully saturated rings. The van der Waals surface area contributed by atoms with E-state index in [-0.39, 0.29) is 17.2 Å². The molecule has 1 amide bonds. The molecule has 1 atom stereocenters. The maximum Gasteiger partial charge on any atom is 0.307 e. The Kier molecular flexibility index (Phi) is 5.04. The average molecular weight is 363 g/mol. The molecule has 1 aliphatic heterocycles. The molecule has 1 N–H and O–H groups in total. The zero-order valence-corrected chi connectivity index (χ0v) is 15.9. The lowest BCUT2D eigenvalue weighted by atomic mass is 9.90. The van der Waals surface area contributed by atoms with Crippen LogP contribution >= 0.6 is 11.8 Å². The summed E-state index contributed by atoms with van der Waals surface area (Å²) in [5.41, 5.74) is 2.93. The highest BCUT2D eigenvalue weighted by Crippen LogP contribution is 2.59. The van der Waals surface area contributed by atoms with E-state index in [9.17, 15) is 9.59 Å². The molecular formula is C18H25N3O3S. The van der Waals surface area contributed by atoms with Gasteiger partial charge in [0.25, 0.3) is 0 Å². The van der Waals surface area contributed by atoms with E-state index in [0.717, 1.165) is 41.4 Å². The lowest BCUT2D eigenvalue weighted by molar-refractivity contribution is -0.139. The molecule has 1 aromatic heterocycles. The second kappa shape index (κ2) is 6.94. The summed E-state index contributed by atoms with van der Waals surface area (Å²) in [6.07, 6.45) is 5.49. The minimum absolute atomic E-state index is 0.0305. The topological polar surface area (TPSA) is 83.4 Å². The fraction of sp³-hybridized carbons (Fsp3) is 0.667. The molecule has 6 nitrogen and oxygen atoms in total. The Morgan fingerprint density at radius 1 is 1.24 bits per heavy atom. The molecule has 1 aromatic rings. The molecule has 2 aliphatic rings. The van der Waals surface area contributed by atoms with Gasteiger partial charge in [-0.2, -0.15) is 0 Å². The number of aromatic nitrogens is 2. The van der Waals surface area contributed by atoms with Crippen LogP contribution in [-0.4, -0.2) is 51.2 Å². The smallest absolute Gasteiger partial charge is 0.307 e. The largest absolute Gasteiger partial charge is 0.481 e. The molecule has 25 heavy (non-hydrogen) atoms. The van der Waals surface area contributed by atoms with E-state index in [4.69, 9.17) is 5.11 Å². The predicted octanol–water partition coefficient (Wildman–Crippen LogP) is 2.46. The molecule has 1 aliphatic carbocycles. The van der Waals surface area contributed by atoms with Crippen molar-refractivity contribution in [3.05, 3.63) is 17.0 Å². The Morgan fingerprint density at radius 3 is 2.32 bits per heavy atom. The summed E-state index contributed by atoms with van der Waals surface area (Å²) in [6, 6.07) is 0.